The van der Waals surface area contributed by atoms with E-state index in [9.17, 15) is 20.0 Å². The molecule has 1 saturated heterocycles. The Hall–Kier alpha value is -3.51. The SMILES string of the molecule is CC(C)(C)CC1N[C@@H](C(=O)NCc2cccc(C(=O)O)c2)C(c2cccc(Cl)c2F)[C@@]1(C#N)c1ccc(Cl)cc1F. The van der Waals surface area contributed by atoms with Gasteiger partial charge < -0.3 is 15.7 Å². The van der Waals surface area contributed by atoms with Crippen molar-refractivity contribution in [1.29, 1.82) is 5.26 Å². The lowest BCUT2D eigenvalue weighted by Crippen LogP contribution is -2.45. The number of amides is 1. The Labute approximate surface area is 247 Å². The summed E-state index contributed by atoms with van der Waals surface area (Å²) >= 11 is 12.2. The number of nitrogens with one attached hydrogen (secondary N) is 2. The average Bonchev–Trinajstić information content (AvgIpc) is 3.22. The molecule has 2 unspecified atom stereocenters. The van der Waals surface area contributed by atoms with Gasteiger partial charge in [-0.15, -0.1) is 0 Å². The molecule has 4 rings (SSSR count). The van der Waals surface area contributed by atoms with Gasteiger partial charge in [0.1, 0.15) is 17.0 Å². The largest absolute Gasteiger partial charge is 0.478 e. The highest BCUT2D eigenvalue weighted by molar-refractivity contribution is 6.31. The van der Waals surface area contributed by atoms with E-state index in [0.29, 0.717) is 12.0 Å². The minimum absolute atomic E-state index is 0.00895. The zero-order valence-electron chi connectivity index (χ0n) is 22.6. The fourth-order valence-electron chi connectivity index (χ4n) is 5.67. The van der Waals surface area contributed by atoms with Crippen molar-refractivity contribution in [2.75, 3.05) is 0 Å². The van der Waals surface area contributed by atoms with Crippen LogP contribution in [-0.2, 0) is 16.8 Å². The molecule has 0 aliphatic carbocycles. The molecule has 3 aromatic rings. The van der Waals surface area contributed by atoms with Crippen LogP contribution in [0.25, 0.3) is 0 Å². The van der Waals surface area contributed by atoms with Gasteiger partial charge >= 0.3 is 5.97 Å². The predicted octanol–water partition coefficient (Wildman–Crippen LogP) is 6.61. The molecule has 0 aromatic heterocycles. The van der Waals surface area contributed by atoms with Gasteiger partial charge in [0.2, 0.25) is 5.91 Å². The van der Waals surface area contributed by atoms with Crippen LogP contribution in [0.1, 0.15) is 60.2 Å². The fourth-order valence-corrected chi connectivity index (χ4v) is 6.01. The van der Waals surface area contributed by atoms with Gasteiger partial charge in [0.05, 0.1) is 22.7 Å². The van der Waals surface area contributed by atoms with Crippen LogP contribution in [0.5, 0.6) is 0 Å². The van der Waals surface area contributed by atoms with Crippen LogP contribution < -0.4 is 10.6 Å². The lowest BCUT2D eigenvalue weighted by atomic mass is 9.62. The number of carbonyl (C=O) groups excluding carboxylic acids is 1. The van der Waals surface area contributed by atoms with Gasteiger partial charge in [0.15, 0.2) is 0 Å². The van der Waals surface area contributed by atoms with Gasteiger partial charge in [-0.05, 0) is 53.3 Å². The molecule has 4 atom stereocenters. The summed E-state index contributed by atoms with van der Waals surface area (Å²) in [6.07, 6.45) is 0.339. The second-order valence-corrected chi connectivity index (χ2v) is 12.3. The van der Waals surface area contributed by atoms with Crippen molar-refractivity contribution in [3.05, 3.63) is 105 Å². The summed E-state index contributed by atoms with van der Waals surface area (Å²) in [4.78, 5) is 25.2. The van der Waals surface area contributed by atoms with Crippen molar-refractivity contribution >= 4 is 35.1 Å². The van der Waals surface area contributed by atoms with E-state index in [1.165, 1.54) is 42.5 Å². The van der Waals surface area contributed by atoms with Crippen molar-refractivity contribution in [3.8, 4) is 6.07 Å². The van der Waals surface area contributed by atoms with E-state index in [2.05, 4.69) is 16.7 Å². The molecule has 6 nitrogen and oxygen atoms in total. The van der Waals surface area contributed by atoms with Crippen LogP contribution >= 0.6 is 23.2 Å². The molecule has 1 fully saturated rings. The highest BCUT2D eigenvalue weighted by Crippen LogP contribution is 2.52. The second kappa shape index (κ2) is 11.8. The normalized spacial score (nSPS) is 22.2. The first-order valence-electron chi connectivity index (χ1n) is 12.9. The lowest BCUT2D eigenvalue weighted by Gasteiger charge is -2.37. The maximum absolute atomic E-state index is 15.7. The number of carboxylic acids is 1. The summed E-state index contributed by atoms with van der Waals surface area (Å²) in [5.74, 6) is -4.43. The highest BCUT2D eigenvalue weighted by atomic mass is 35.5. The van der Waals surface area contributed by atoms with E-state index < -0.39 is 46.9 Å². The molecular weight excluding hydrogens is 571 g/mol. The second-order valence-electron chi connectivity index (χ2n) is 11.4. The molecule has 0 saturated carbocycles. The van der Waals surface area contributed by atoms with Crippen LogP contribution in [0.3, 0.4) is 0 Å². The maximum atomic E-state index is 15.7. The van der Waals surface area contributed by atoms with E-state index in [0.717, 1.165) is 6.07 Å². The van der Waals surface area contributed by atoms with Crippen LogP contribution in [0.2, 0.25) is 10.0 Å². The van der Waals surface area contributed by atoms with E-state index in [4.69, 9.17) is 23.2 Å². The summed E-state index contributed by atoms with van der Waals surface area (Å²) in [6.45, 7) is 5.83. The number of nitriles is 1. The van der Waals surface area contributed by atoms with Gasteiger partial charge in [0.25, 0.3) is 0 Å². The first-order valence-corrected chi connectivity index (χ1v) is 13.7. The Kier molecular flexibility index (Phi) is 8.74. The van der Waals surface area contributed by atoms with E-state index in [-0.39, 0.29) is 38.7 Å². The number of hydrogen-bond acceptors (Lipinski definition) is 4. The third-order valence-electron chi connectivity index (χ3n) is 7.37. The Morgan fingerprint density at radius 2 is 1.80 bits per heavy atom. The molecular formula is C31H29Cl2F2N3O3. The number of nitrogens with zero attached hydrogens (tertiary/aromatic N) is 1. The van der Waals surface area contributed by atoms with Crippen molar-refractivity contribution in [1.82, 2.24) is 10.6 Å². The molecule has 214 valence electrons. The summed E-state index contributed by atoms with van der Waals surface area (Å²) < 4.78 is 31.4. The third kappa shape index (κ3) is 6.08. The van der Waals surface area contributed by atoms with Gasteiger partial charge in [0, 0.05) is 29.1 Å². The van der Waals surface area contributed by atoms with Crippen LogP contribution in [-0.4, -0.2) is 29.1 Å². The number of rotatable bonds is 7. The van der Waals surface area contributed by atoms with Crippen molar-refractivity contribution in [3.63, 3.8) is 0 Å². The summed E-state index contributed by atoms with van der Waals surface area (Å²) in [7, 11) is 0. The summed E-state index contributed by atoms with van der Waals surface area (Å²) in [6, 6.07) is 14.7. The van der Waals surface area contributed by atoms with E-state index >= 15 is 8.78 Å². The Bertz CT molecular complexity index is 1540. The van der Waals surface area contributed by atoms with Gasteiger partial charge in [-0.25, -0.2) is 13.6 Å². The average molecular weight is 600 g/mol. The molecule has 0 spiro atoms. The summed E-state index contributed by atoms with van der Waals surface area (Å²) in [5.41, 5.74) is -1.54. The van der Waals surface area contributed by atoms with Crippen molar-refractivity contribution in [2.24, 2.45) is 5.41 Å². The lowest BCUT2D eigenvalue weighted by molar-refractivity contribution is -0.123. The number of carboxylic acid groups (broad SMARTS) is 1. The topological polar surface area (TPSA) is 102 Å². The number of halogens is 4. The number of benzene rings is 3. The molecule has 41 heavy (non-hydrogen) atoms. The molecule has 10 heteroatoms. The molecule has 1 aliphatic heterocycles. The number of aromatic carboxylic acids is 1. The van der Waals surface area contributed by atoms with E-state index in [1.54, 1.807) is 12.1 Å². The van der Waals surface area contributed by atoms with Gasteiger partial charge in [-0.3, -0.25) is 4.79 Å². The minimum Gasteiger partial charge on any atom is -0.478 e. The maximum Gasteiger partial charge on any atom is 0.335 e. The standard InChI is InChI=1S/C31H29Cl2F2N3O3/c1-30(2,3)14-24-31(16-36,21-11-10-19(32)13-23(21)34)25(20-8-5-9-22(33)26(20)35)27(38-24)28(39)37-15-17-6-4-7-18(12-17)29(40)41/h4-13,24-25,27,38H,14-15H2,1-3H3,(H,37,39)(H,40,41)/t24?,25?,27-,31+/m1/s1. The first-order chi connectivity index (χ1) is 19.3. The zero-order chi connectivity index (χ0) is 30.1. The number of hydrogen-bond donors (Lipinski definition) is 3. The first kappa shape index (κ1) is 30.4. The molecule has 1 aliphatic rings. The molecule has 1 heterocycles. The number of carbonyl (C=O) groups is 2. The van der Waals surface area contributed by atoms with Crippen molar-refractivity contribution in [2.45, 2.75) is 57.2 Å². The highest BCUT2D eigenvalue weighted by Gasteiger charge is 2.61. The molecule has 1 amide bonds. The Morgan fingerprint density at radius 1 is 1.10 bits per heavy atom. The smallest absolute Gasteiger partial charge is 0.335 e. The third-order valence-corrected chi connectivity index (χ3v) is 7.90. The van der Waals surface area contributed by atoms with Crippen LogP contribution in [0, 0.1) is 28.4 Å². The minimum atomic E-state index is -1.74. The van der Waals surface area contributed by atoms with Gasteiger partial charge in [-0.1, -0.05) is 74.3 Å². The Balaban J connectivity index is 1.87. The predicted molar refractivity (Wildman–Crippen MR) is 153 cm³/mol. The monoisotopic (exact) mass is 599 g/mol. The molecule has 3 N–H and O–H groups in total. The van der Waals surface area contributed by atoms with E-state index in [1.807, 2.05) is 20.8 Å². The molecule has 0 bridgehead atoms. The Morgan fingerprint density at radius 3 is 2.44 bits per heavy atom. The van der Waals surface area contributed by atoms with Crippen LogP contribution in [0.15, 0.2) is 60.7 Å². The van der Waals surface area contributed by atoms with Crippen molar-refractivity contribution < 1.29 is 23.5 Å². The molecule has 0 radical (unpaired) electrons. The summed E-state index contributed by atoms with van der Waals surface area (Å²) in [5, 5.41) is 26.2. The quantitative estimate of drug-likeness (QED) is 0.284. The van der Waals surface area contributed by atoms with Gasteiger partial charge in [-0.2, -0.15) is 5.26 Å². The fraction of sp³-hybridized carbons (Fsp3) is 0.323. The molecule has 3 aromatic carbocycles. The zero-order valence-corrected chi connectivity index (χ0v) is 24.2. The van der Waals surface area contributed by atoms with Crippen LogP contribution in [0.4, 0.5) is 8.78 Å².